The minimum atomic E-state index is -1.18. The van der Waals surface area contributed by atoms with Crippen molar-refractivity contribution in [2.24, 2.45) is 18.9 Å². The fourth-order valence-electron chi connectivity index (χ4n) is 6.99. The van der Waals surface area contributed by atoms with Gasteiger partial charge in [0.2, 0.25) is 29.5 Å². The minimum absolute atomic E-state index is 0.0516. The van der Waals surface area contributed by atoms with Gasteiger partial charge in [-0.15, -0.1) is 0 Å². The van der Waals surface area contributed by atoms with Crippen LogP contribution in [0.3, 0.4) is 0 Å². The number of aromatic amines is 1. The highest BCUT2D eigenvalue weighted by Gasteiger charge is 2.34. The van der Waals surface area contributed by atoms with Crippen molar-refractivity contribution in [2.75, 3.05) is 20.2 Å². The van der Waals surface area contributed by atoms with Gasteiger partial charge in [0, 0.05) is 55.3 Å². The van der Waals surface area contributed by atoms with Crippen LogP contribution in [-0.2, 0) is 43.9 Å². The van der Waals surface area contributed by atoms with Crippen molar-refractivity contribution in [1.82, 2.24) is 46.2 Å². The smallest absolute Gasteiger partial charge is 0.274 e. The number of aryl methyl sites for hydroxylation is 2. The maximum Gasteiger partial charge on any atom is 0.274 e. The maximum absolute atomic E-state index is 14.4. The van der Waals surface area contributed by atoms with Gasteiger partial charge >= 0.3 is 0 Å². The molecule has 5 rings (SSSR count). The van der Waals surface area contributed by atoms with Gasteiger partial charge in [0.15, 0.2) is 5.69 Å². The summed E-state index contributed by atoms with van der Waals surface area (Å²) in [5.41, 5.74) is 3.12. The minimum Gasteiger partial charge on any atom is -0.497 e. The number of nitrogens with zero attached hydrogens (tertiary/aromatic N) is 3. The fraction of sp³-hybridized carbons (Fsp3) is 0.465. The van der Waals surface area contributed by atoms with Crippen LogP contribution in [0.25, 0.3) is 10.9 Å². The van der Waals surface area contributed by atoms with Gasteiger partial charge in [0.1, 0.15) is 29.9 Å². The summed E-state index contributed by atoms with van der Waals surface area (Å²) in [7, 11) is 3.24. The van der Waals surface area contributed by atoms with E-state index in [4.69, 9.17) is 4.74 Å². The van der Waals surface area contributed by atoms with E-state index >= 15 is 0 Å². The molecule has 3 heterocycles. The summed E-state index contributed by atoms with van der Waals surface area (Å²) in [5.74, 6) is -3.23. The number of para-hydroxylation sites is 1. The Bertz CT molecular complexity index is 2120. The number of ether oxygens (including phenoxy) is 1. The molecule has 6 amide bonds. The molecule has 0 saturated carbocycles. The van der Waals surface area contributed by atoms with Crippen LogP contribution >= 0.6 is 0 Å². The summed E-state index contributed by atoms with van der Waals surface area (Å²) in [5, 5.41) is 19.5. The number of nitrogens with one attached hydrogen (secondary N) is 6. The molecule has 4 aromatic rings. The fourth-order valence-corrected chi connectivity index (χ4v) is 6.99. The van der Waals surface area contributed by atoms with Gasteiger partial charge in [-0.1, -0.05) is 58.0 Å². The summed E-state index contributed by atoms with van der Waals surface area (Å²) in [6.07, 6.45) is 2.10. The third-order valence-corrected chi connectivity index (χ3v) is 10.6. The van der Waals surface area contributed by atoms with Crippen LogP contribution in [0.5, 0.6) is 5.75 Å². The van der Waals surface area contributed by atoms with Crippen LogP contribution in [0.2, 0.25) is 0 Å². The number of amides is 6. The van der Waals surface area contributed by atoms with Crippen LogP contribution in [0, 0.1) is 18.8 Å². The number of rotatable bonds is 9. The van der Waals surface area contributed by atoms with Crippen molar-refractivity contribution in [1.29, 1.82) is 0 Å². The van der Waals surface area contributed by atoms with Gasteiger partial charge < -0.3 is 41.2 Å². The Balaban J connectivity index is 1.55. The maximum atomic E-state index is 14.4. The predicted octanol–water partition coefficient (Wildman–Crippen LogP) is 2.31. The molecular formula is C43H57N9O7. The summed E-state index contributed by atoms with van der Waals surface area (Å²) in [6, 6.07) is 11.1. The molecule has 316 valence electrons. The number of carbonyl (C=O) groups excluding carboxylic acids is 6. The number of carbonyl (C=O) groups is 6. The second kappa shape index (κ2) is 19.5. The van der Waals surface area contributed by atoms with Crippen LogP contribution in [0.1, 0.15) is 68.3 Å². The van der Waals surface area contributed by atoms with Gasteiger partial charge in [-0.2, -0.15) is 5.10 Å². The Morgan fingerprint density at radius 2 is 1.47 bits per heavy atom. The highest BCUT2D eigenvalue weighted by Crippen LogP contribution is 2.20. The van der Waals surface area contributed by atoms with Crippen molar-refractivity contribution in [3.05, 3.63) is 83.3 Å². The van der Waals surface area contributed by atoms with E-state index in [9.17, 15) is 28.8 Å². The summed E-state index contributed by atoms with van der Waals surface area (Å²) >= 11 is 0. The van der Waals surface area contributed by atoms with Gasteiger partial charge in [-0.05, 0) is 67.5 Å². The molecule has 0 radical (unpaired) electrons. The zero-order valence-electron chi connectivity index (χ0n) is 35.0. The Labute approximate surface area is 344 Å². The Morgan fingerprint density at radius 1 is 0.831 bits per heavy atom. The molecule has 2 aromatic heterocycles. The molecule has 2 aromatic carbocycles. The van der Waals surface area contributed by atoms with E-state index in [1.807, 2.05) is 52.0 Å². The molecule has 16 nitrogen and oxygen atoms in total. The summed E-state index contributed by atoms with van der Waals surface area (Å²) in [6.45, 7) is 10.3. The topological polar surface area (TPSA) is 209 Å². The number of hydrogen-bond acceptors (Lipinski definition) is 8. The third-order valence-electron chi connectivity index (χ3n) is 10.6. The first-order valence-corrected chi connectivity index (χ1v) is 20.0. The van der Waals surface area contributed by atoms with E-state index in [0.29, 0.717) is 11.3 Å². The van der Waals surface area contributed by atoms with E-state index in [-0.39, 0.29) is 43.3 Å². The lowest BCUT2D eigenvalue weighted by atomic mass is 9.99. The van der Waals surface area contributed by atoms with Crippen molar-refractivity contribution < 1.29 is 33.5 Å². The van der Waals surface area contributed by atoms with Crippen molar-refractivity contribution in [3.63, 3.8) is 0 Å². The molecule has 16 heteroatoms. The molecular weight excluding hydrogens is 755 g/mol. The van der Waals surface area contributed by atoms with Crippen molar-refractivity contribution >= 4 is 46.3 Å². The molecule has 1 saturated heterocycles. The number of hydrogen-bond donors (Lipinski definition) is 6. The van der Waals surface area contributed by atoms with Crippen LogP contribution in [-0.4, -0.2) is 106 Å². The first-order valence-electron chi connectivity index (χ1n) is 20.0. The number of aromatic nitrogens is 3. The molecule has 0 unspecified atom stereocenters. The summed E-state index contributed by atoms with van der Waals surface area (Å²) in [4.78, 5) is 89.1. The normalized spacial score (nSPS) is 21.6. The Morgan fingerprint density at radius 3 is 2.12 bits per heavy atom. The van der Waals surface area contributed by atoms with Crippen LogP contribution in [0.15, 0.2) is 60.8 Å². The third kappa shape index (κ3) is 11.5. The molecule has 1 aliphatic rings. The molecule has 6 N–H and O–H groups in total. The van der Waals surface area contributed by atoms with E-state index in [1.165, 1.54) is 11.8 Å². The first kappa shape index (κ1) is 43.9. The SMILES string of the molecule is COc1ccc(C[C@@H]2NC(=O)[C@H](CC(C)C)NC(=O)[C@@H](Cc3c[nH]c4ccccc34)NC(=O)CN(C(=O)c3cc(C)n(C)n3)C[C@H](C(C)C)NC(=O)[C@@H](C)NC2=O)cc1. The van der Waals surface area contributed by atoms with E-state index in [1.54, 1.807) is 62.3 Å². The zero-order valence-corrected chi connectivity index (χ0v) is 35.0. The average Bonchev–Trinajstić information content (AvgIpc) is 3.76. The number of H-pyrrole nitrogens is 1. The Kier molecular flexibility index (Phi) is 14.5. The Hall–Kier alpha value is -6.19. The molecule has 0 bridgehead atoms. The van der Waals surface area contributed by atoms with Gasteiger partial charge in [-0.3, -0.25) is 33.4 Å². The summed E-state index contributed by atoms with van der Waals surface area (Å²) < 4.78 is 6.84. The van der Waals surface area contributed by atoms with Crippen LogP contribution in [0.4, 0.5) is 0 Å². The largest absolute Gasteiger partial charge is 0.497 e. The van der Waals surface area contributed by atoms with Crippen LogP contribution < -0.4 is 31.3 Å². The lowest BCUT2D eigenvalue weighted by Gasteiger charge is -2.32. The average molecular weight is 812 g/mol. The molecule has 1 fully saturated rings. The van der Waals surface area contributed by atoms with E-state index < -0.39 is 72.2 Å². The van der Waals surface area contributed by atoms with Crippen molar-refractivity contribution in [3.8, 4) is 5.75 Å². The van der Waals surface area contributed by atoms with Gasteiger partial charge in [0.25, 0.3) is 5.91 Å². The second-order valence-electron chi connectivity index (χ2n) is 16.1. The molecule has 5 atom stereocenters. The number of fused-ring (bicyclic) bond motifs is 1. The van der Waals surface area contributed by atoms with Gasteiger partial charge in [-0.25, -0.2) is 0 Å². The van der Waals surface area contributed by atoms with E-state index in [0.717, 1.165) is 22.2 Å². The molecule has 59 heavy (non-hydrogen) atoms. The quantitative estimate of drug-likeness (QED) is 0.148. The predicted molar refractivity (Wildman–Crippen MR) is 222 cm³/mol. The van der Waals surface area contributed by atoms with Gasteiger partial charge in [0.05, 0.1) is 13.7 Å². The lowest BCUT2D eigenvalue weighted by molar-refractivity contribution is -0.135. The standard InChI is InChI=1S/C43H57N9O7/c1-24(2)17-33-41(56)48-34(19-28-13-15-30(59-8)16-14-28)40(55)45-27(6)39(54)49-37(25(3)4)22-52(43(58)36-18-26(5)51(7)50-36)23-38(53)46-35(42(57)47-33)20-29-21-44-32-12-10-9-11-31(29)32/h9-16,18,21,24-25,27,33-35,37,44H,17,19-20,22-23H2,1-8H3,(H,45,55)(H,46,53)(H,47,57)(H,48,56)(H,49,54)/t27-,33+,34+,35-,37-/m1/s1. The highest BCUT2D eigenvalue weighted by molar-refractivity contribution is 5.98. The zero-order chi connectivity index (χ0) is 43.0. The molecule has 1 aliphatic heterocycles. The highest BCUT2D eigenvalue weighted by atomic mass is 16.5. The number of benzene rings is 2. The van der Waals surface area contributed by atoms with E-state index in [2.05, 4.69) is 36.7 Å². The number of methoxy groups -OCH3 is 1. The monoisotopic (exact) mass is 811 g/mol. The molecule has 0 aliphatic carbocycles. The lowest BCUT2D eigenvalue weighted by Crippen LogP contribution is -2.60. The first-order chi connectivity index (χ1) is 28.0. The molecule has 0 spiro atoms. The second-order valence-corrected chi connectivity index (χ2v) is 16.1. The van der Waals surface area contributed by atoms with Crippen molar-refractivity contribution in [2.45, 2.75) is 91.0 Å².